The van der Waals surface area contributed by atoms with E-state index in [-0.39, 0.29) is 18.2 Å². The van der Waals surface area contributed by atoms with Crippen LogP contribution in [0.5, 0.6) is 0 Å². The molecule has 0 aromatic heterocycles. The van der Waals surface area contributed by atoms with E-state index >= 15 is 0 Å². The Hall–Kier alpha value is -1.62. The maximum atomic E-state index is 12.8. The molecule has 0 saturated heterocycles. The van der Waals surface area contributed by atoms with Gasteiger partial charge in [-0.15, -0.1) is 0 Å². The first-order valence-corrected chi connectivity index (χ1v) is 5.09. The van der Waals surface area contributed by atoms with Crippen LogP contribution in [0.3, 0.4) is 0 Å². The highest BCUT2D eigenvalue weighted by Gasteiger charge is 2.07. The summed E-state index contributed by atoms with van der Waals surface area (Å²) in [6, 6.07) is 3.85. The first kappa shape index (κ1) is 12.4. The zero-order valence-electron chi connectivity index (χ0n) is 8.87. The lowest BCUT2D eigenvalue weighted by molar-refractivity contribution is 0.0952. The van der Waals surface area contributed by atoms with E-state index in [0.717, 1.165) is 6.07 Å². The average molecular weight is 226 g/mol. The summed E-state index contributed by atoms with van der Waals surface area (Å²) in [6.07, 6.45) is 1.35. The van der Waals surface area contributed by atoms with Gasteiger partial charge in [0, 0.05) is 18.7 Å². The number of carbonyl (C=O) groups is 1. The van der Waals surface area contributed by atoms with Gasteiger partial charge in [-0.2, -0.15) is 0 Å². The number of hydrogen-bond acceptors (Lipinski definition) is 3. The minimum absolute atomic E-state index is 0.0389. The van der Waals surface area contributed by atoms with Crippen LogP contribution in [0, 0.1) is 5.82 Å². The normalized spacial score (nSPS) is 10.1. The van der Waals surface area contributed by atoms with Crippen molar-refractivity contribution >= 4 is 11.6 Å². The molecular weight excluding hydrogens is 211 g/mol. The van der Waals surface area contributed by atoms with Crippen molar-refractivity contribution < 1.29 is 14.3 Å². The fourth-order valence-electron chi connectivity index (χ4n) is 1.23. The Morgan fingerprint density at radius 1 is 1.44 bits per heavy atom. The summed E-state index contributed by atoms with van der Waals surface area (Å²) in [5.41, 5.74) is 5.64. The molecule has 0 fully saturated rings. The van der Waals surface area contributed by atoms with Crippen molar-refractivity contribution in [2.45, 2.75) is 12.8 Å². The van der Waals surface area contributed by atoms with E-state index in [4.69, 9.17) is 10.8 Å². The molecule has 0 aliphatic carbocycles. The number of aliphatic hydroxyl groups is 1. The summed E-state index contributed by atoms with van der Waals surface area (Å²) in [4.78, 5) is 11.5. The standard InChI is InChI=1S/C11H15FN2O2/c12-9-4-3-8(7-10(9)13)11(16)14-5-1-2-6-15/h3-4,7,15H,1-2,5-6,13H2,(H,14,16). The van der Waals surface area contributed by atoms with Crippen LogP contribution in [-0.2, 0) is 0 Å². The van der Waals surface area contributed by atoms with Gasteiger partial charge in [-0.25, -0.2) is 4.39 Å². The number of nitrogens with one attached hydrogen (secondary N) is 1. The van der Waals surface area contributed by atoms with E-state index in [9.17, 15) is 9.18 Å². The summed E-state index contributed by atoms with van der Waals surface area (Å²) in [6.45, 7) is 0.593. The number of benzene rings is 1. The lowest BCUT2D eigenvalue weighted by atomic mass is 10.2. The molecule has 4 N–H and O–H groups in total. The molecule has 1 rings (SSSR count). The molecule has 16 heavy (non-hydrogen) atoms. The van der Waals surface area contributed by atoms with Gasteiger partial charge in [0.05, 0.1) is 5.69 Å². The molecule has 0 aliphatic heterocycles. The number of nitrogens with two attached hydrogens (primary N) is 1. The lowest BCUT2D eigenvalue weighted by Gasteiger charge is -2.05. The number of aliphatic hydroxyl groups excluding tert-OH is 1. The van der Waals surface area contributed by atoms with E-state index in [1.54, 1.807) is 0 Å². The predicted molar refractivity (Wildman–Crippen MR) is 59.5 cm³/mol. The number of anilines is 1. The minimum Gasteiger partial charge on any atom is -0.396 e. The van der Waals surface area contributed by atoms with Gasteiger partial charge in [-0.05, 0) is 31.0 Å². The minimum atomic E-state index is -0.531. The van der Waals surface area contributed by atoms with Gasteiger partial charge in [0.1, 0.15) is 5.82 Å². The highest BCUT2D eigenvalue weighted by Crippen LogP contribution is 2.11. The zero-order valence-corrected chi connectivity index (χ0v) is 8.87. The molecule has 0 heterocycles. The van der Waals surface area contributed by atoms with Crippen molar-refractivity contribution in [2.75, 3.05) is 18.9 Å². The van der Waals surface area contributed by atoms with Gasteiger partial charge >= 0.3 is 0 Å². The second-order valence-corrected chi connectivity index (χ2v) is 3.42. The van der Waals surface area contributed by atoms with Crippen molar-refractivity contribution in [3.05, 3.63) is 29.6 Å². The Morgan fingerprint density at radius 3 is 2.81 bits per heavy atom. The smallest absolute Gasteiger partial charge is 0.251 e. The molecule has 0 saturated carbocycles. The summed E-state index contributed by atoms with van der Waals surface area (Å²) in [5, 5.41) is 11.2. The van der Waals surface area contributed by atoms with Crippen LogP contribution < -0.4 is 11.1 Å². The third kappa shape index (κ3) is 3.51. The third-order valence-corrected chi connectivity index (χ3v) is 2.13. The second kappa shape index (κ2) is 6.07. The van der Waals surface area contributed by atoms with Crippen molar-refractivity contribution in [3.8, 4) is 0 Å². The molecule has 0 bridgehead atoms. The van der Waals surface area contributed by atoms with E-state index in [0.29, 0.717) is 24.9 Å². The van der Waals surface area contributed by atoms with Crippen LogP contribution in [0.25, 0.3) is 0 Å². The van der Waals surface area contributed by atoms with Crippen molar-refractivity contribution in [3.63, 3.8) is 0 Å². The monoisotopic (exact) mass is 226 g/mol. The van der Waals surface area contributed by atoms with Gasteiger partial charge in [-0.3, -0.25) is 4.79 Å². The molecule has 0 unspecified atom stereocenters. The molecule has 0 aliphatic rings. The van der Waals surface area contributed by atoms with Gasteiger partial charge in [-0.1, -0.05) is 0 Å². The van der Waals surface area contributed by atoms with Crippen molar-refractivity contribution in [1.82, 2.24) is 5.32 Å². The van der Waals surface area contributed by atoms with Gasteiger partial charge in [0.2, 0.25) is 0 Å². The Morgan fingerprint density at radius 2 is 2.19 bits per heavy atom. The molecule has 1 aromatic carbocycles. The van der Waals surface area contributed by atoms with Gasteiger partial charge in [0.25, 0.3) is 5.91 Å². The largest absolute Gasteiger partial charge is 0.396 e. The molecule has 1 aromatic rings. The summed E-state index contributed by atoms with van der Waals surface area (Å²) >= 11 is 0. The maximum Gasteiger partial charge on any atom is 0.251 e. The highest BCUT2D eigenvalue weighted by atomic mass is 19.1. The number of amides is 1. The van der Waals surface area contributed by atoms with Crippen LogP contribution in [0.4, 0.5) is 10.1 Å². The Balaban J connectivity index is 2.50. The van der Waals surface area contributed by atoms with Crippen molar-refractivity contribution in [2.24, 2.45) is 0 Å². The zero-order chi connectivity index (χ0) is 12.0. The summed E-state index contributed by atoms with van der Waals surface area (Å²) in [5.74, 6) is -0.818. The van der Waals surface area contributed by atoms with Crippen molar-refractivity contribution in [1.29, 1.82) is 0 Å². The molecular formula is C11H15FN2O2. The number of carbonyl (C=O) groups excluding carboxylic acids is 1. The Bertz CT molecular complexity index is 369. The van der Waals surface area contributed by atoms with E-state index < -0.39 is 5.82 Å². The SMILES string of the molecule is Nc1cc(C(=O)NCCCCO)ccc1F. The molecule has 0 spiro atoms. The number of rotatable bonds is 5. The highest BCUT2D eigenvalue weighted by molar-refractivity contribution is 5.94. The number of nitrogen functional groups attached to an aromatic ring is 1. The number of unbranched alkanes of at least 4 members (excludes halogenated alkanes) is 1. The topological polar surface area (TPSA) is 75.4 Å². The number of hydrogen-bond donors (Lipinski definition) is 3. The first-order valence-electron chi connectivity index (χ1n) is 5.09. The molecule has 0 atom stereocenters. The summed E-state index contributed by atoms with van der Waals surface area (Å²) in [7, 11) is 0. The van der Waals surface area contributed by atoms with E-state index in [2.05, 4.69) is 5.32 Å². The lowest BCUT2D eigenvalue weighted by Crippen LogP contribution is -2.24. The molecule has 0 radical (unpaired) electrons. The number of halogens is 1. The second-order valence-electron chi connectivity index (χ2n) is 3.42. The molecule has 4 nitrogen and oxygen atoms in total. The van der Waals surface area contributed by atoms with Gasteiger partial charge in [0.15, 0.2) is 0 Å². The molecule has 5 heteroatoms. The van der Waals surface area contributed by atoms with Crippen LogP contribution >= 0.6 is 0 Å². The van der Waals surface area contributed by atoms with Gasteiger partial charge < -0.3 is 16.2 Å². The fourth-order valence-corrected chi connectivity index (χ4v) is 1.23. The quantitative estimate of drug-likeness (QED) is 0.516. The molecule has 1 amide bonds. The Kier molecular flexibility index (Phi) is 4.72. The van der Waals surface area contributed by atoms with Crippen LogP contribution in [-0.4, -0.2) is 24.2 Å². The molecule has 88 valence electrons. The van der Waals surface area contributed by atoms with Crippen LogP contribution in [0.1, 0.15) is 23.2 Å². The maximum absolute atomic E-state index is 12.8. The van der Waals surface area contributed by atoms with Crippen LogP contribution in [0.15, 0.2) is 18.2 Å². The van der Waals surface area contributed by atoms with E-state index in [1.807, 2.05) is 0 Å². The Labute approximate surface area is 93.3 Å². The third-order valence-electron chi connectivity index (χ3n) is 2.13. The average Bonchev–Trinajstić information content (AvgIpc) is 2.28. The van der Waals surface area contributed by atoms with Crippen LogP contribution in [0.2, 0.25) is 0 Å². The summed E-state index contributed by atoms with van der Waals surface area (Å²) < 4.78 is 12.8. The predicted octanol–water partition coefficient (Wildman–Crippen LogP) is 0.910. The van der Waals surface area contributed by atoms with E-state index in [1.165, 1.54) is 12.1 Å². The first-order chi connectivity index (χ1) is 7.65. The fraction of sp³-hybridized carbons (Fsp3) is 0.364.